The Morgan fingerprint density at radius 1 is 1.30 bits per heavy atom. The number of aromatic amines is 1. The molecule has 2 heterocycles. The van der Waals surface area contributed by atoms with Crippen LogP contribution in [0.15, 0.2) is 46.0 Å². The van der Waals surface area contributed by atoms with Gasteiger partial charge in [-0.05, 0) is 32.0 Å². The van der Waals surface area contributed by atoms with Crippen LogP contribution in [-0.4, -0.2) is 28.2 Å². The number of amides is 1. The van der Waals surface area contributed by atoms with E-state index < -0.39 is 11.2 Å². The highest BCUT2D eigenvalue weighted by atomic mass is 16.5. The van der Waals surface area contributed by atoms with Gasteiger partial charge < -0.3 is 14.8 Å². The van der Waals surface area contributed by atoms with Crippen LogP contribution in [0.2, 0.25) is 0 Å². The Balaban J connectivity index is 1.54. The van der Waals surface area contributed by atoms with Crippen LogP contribution in [-0.2, 0) is 17.8 Å². The Kier molecular flexibility index (Phi) is 5.31. The molecule has 0 saturated heterocycles. The number of fused-ring (bicyclic) bond motifs is 2. The lowest BCUT2D eigenvalue weighted by Gasteiger charge is -2.14. The zero-order chi connectivity index (χ0) is 21.3. The number of H-pyrrole nitrogens is 1. The van der Waals surface area contributed by atoms with Crippen LogP contribution < -0.4 is 26.0 Å². The summed E-state index contributed by atoms with van der Waals surface area (Å²) in [7, 11) is 0. The standard InChI is InChI=1S/C22H23N3O5/c1-3-29-19-11-14-10-13(2)30-18(14)12-16(19)23-20(26)8-9-25-17-7-5-4-6-15(17)21(27)24-22(25)28/h4-7,11-13H,3,8-10H2,1-2H3,(H,23,26)(H,24,27,28)/t13-/m0/s1. The summed E-state index contributed by atoms with van der Waals surface area (Å²) < 4.78 is 12.9. The predicted octanol–water partition coefficient (Wildman–Crippen LogP) is 2.44. The third-order valence-electron chi connectivity index (χ3n) is 5.04. The molecule has 30 heavy (non-hydrogen) atoms. The number of rotatable bonds is 6. The Labute approximate surface area is 172 Å². The van der Waals surface area contributed by atoms with Crippen molar-refractivity contribution in [3.05, 3.63) is 62.8 Å². The van der Waals surface area contributed by atoms with Gasteiger partial charge in [0.05, 0.1) is 23.2 Å². The molecule has 4 rings (SSSR count). The molecule has 0 saturated carbocycles. The number of aromatic nitrogens is 2. The maximum Gasteiger partial charge on any atom is 0.328 e. The fourth-order valence-corrected chi connectivity index (χ4v) is 3.70. The molecule has 0 radical (unpaired) electrons. The summed E-state index contributed by atoms with van der Waals surface area (Å²) in [5.41, 5.74) is 1.10. The van der Waals surface area contributed by atoms with Gasteiger partial charge >= 0.3 is 5.69 Å². The third kappa shape index (κ3) is 3.80. The second kappa shape index (κ2) is 8.06. The van der Waals surface area contributed by atoms with Crippen LogP contribution >= 0.6 is 0 Å². The number of para-hydroxylation sites is 1. The summed E-state index contributed by atoms with van der Waals surface area (Å²) in [5.74, 6) is 1.06. The van der Waals surface area contributed by atoms with Crippen LogP contribution in [0.4, 0.5) is 5.69 Å². The number of benzene rings is 2. The molecule has 1 aromatic heterocycles. The third-order valence-corrected chi connectivity index (χ3v) is 5.04. The van der Waals surface area contributed by atoms with Crippen LogP contribution in [0.25, 0.3) is 10.9 Å². The van der Waals surface area contributed by atoms with Crippen molar-refractivity contribution in [2.24, 2.45) is 0 Å². The average Bonchev–Trinajstić information content (AvgIpc) is 3.07. The first-order valence-electron chi connectivity index (χ1n) is 9.94. The smallest absolute Gasteiger partial charge is 0.328 e. The number of hydrogen-bond acceptors (Lipinski definition) is 5. The maximum atomic E-state index is 12.6. The Hall–Kier alpha value is -3.55. The van der Waals surface area contributed by atoms with E-state index in [4.69, 9.17) is 9.47 Å². The van der Waals surface area contributed by atoms with Gasteiger partial charge in [0.15, 0.2) is 0 Å². The van der Waals surface area contributed by atoms with Gasteiger partial charge in [0.2, 0.25) is 5.91 Å². The monoisotopic (exact) mass is 409 g/mol. The van der Waals surface area contributed by atoms with Crippen molar-refractivity contribution in [1.82, 2.24) is 9.55 Å². The number of carbonyl (C=O) groups is 1. The van der Waals surface area contributed by atoms with E-state index in [0.29, 0.717) is 28.9 Å². The number of hydrogen-bond donors (Lipinski definition) is 2. The fourth-order valence-electron chi connectivity index (χ4n) is 3.70. The molecule has 1 aliphatic rings. The minimum Gasteiger partial charge on any atom is -0.492 e. The number of carbonyl (C=O) groups excluding carboxylic acids is 1. The Morgan fingerprint density at radius 2 is 2.10 bits per heavy atom. The summed E-state index contributed by atoms with van der Waals surface area (Å²) in [6.07, 6.45) is 0.933. The van der Waals surface area contributed by atoms with E-state index in [1.54, 1.807) is 30.3 Å². The molecule has 0 bridgehead atoms. The number of nitrogens with zero attached hydrogens (tertiary/aromatic N) is 1. The number of aryl methyl sites for hydroxylation is 1. The molecule has 1 atom stereocenters. The summed E-state index contributed by atoms with van der Waals surface area (Å²) in [6, 6.07) is 10.5. The van der Waals surface area contributed by atoms with Crippen molar-refractivity contribution in [2.75, 3.05) is 11.9 Å². The molecular weight excluding hydrogens is 386 g/mol. The van der Waals surface area contributed by atoms with Gasteiger partial charge in [-0.1, -0.05) is 12.1 Å². The van der Waals surface area contributed by atoms with Gasteiger partial charge in [0.25, 0.3) is 5.56 Å². The molecular formula is C22H23N3O5. The van der Waals surface area contributed by atoms with Gasteiger partial charge in [-0.3, -0.25) is 19.1 Å². The summed E-state index contributed by atoms with van der Waals surface area (Å²) in [4.78, 5) is 39.2. The van der Waals surface area contributed by atoms with Crippen molar-refractivity contribution >= 4 is 22.5 Å². The minimum atomic E-state index is -0.540. The van der Waals surface area contributed by atoms with Crippen molar-refractivity contribution in [3.63, 3.8) is 0 Å². The summed E-state index contributed by atoms with van der Waals surface area (Å²) >= 11 is 0. The predicted molar refractivity (Wildman–Crippen MR) is 113 cm³/mol. The van der Waals surface area contributed by atoms with E-state index in [1.165, 1.54) is 4.57 Å². The fraction of sp³-hybridized carbons (Fsp3) is 0.318. The molecule has 8 nitrogen and oxygen atoms in total. The topological polar surface area (TPSA) is 102 Å². The molecule has 0 unspecified atom stereocenters. The van der Waals surface area contributed by atoms with E-state index in [-0.39, 0.29) is 25.0 Å². The summed E-state index contributed by atoms with van der Waals surface area (Å²) in [5, 5.41) is 3.26. The van der Waals surface area contributed by atoms with Crippen molar-refractivity contribution in [3.8, 4) is 11.5 Å². The lowest BCUT2D eigenvalue weighted by Crippen LogP contribution is -2.31. The largest absolute Gasteiger partial charge is 0.492 e. The van der Waals surface area contributed by atoms with Crippen molar-refractivity contribution < 1.29 is 14.3 Å². The van der Waals surface area contributed by atoms with Crippen LogP contribution in [0, 0.1) is 0 Å². The highest BCUT2D eigenvalue weighted by Gasteiger charge is 2.22. The van der Waals surface area contributed by atoms with E-state index in [9.17, 15) is 14.4 Å². The first-order chi connectivity index (χ1) is 14.5. The second-order valence-corrected chi connectivity index (χ2v) is 7.25. The van der Waals surface area contributed by atoms with E-state index in [2.05, 4.69) is 10.3 Å². The van der Waals surface area contributed by atoms with E-state index >= 15 is 0 Å². The average molecular weight is 409 g/mol. The van der Waals surface area contributed by atoms with Crippen LogP contribution in [0.5, 0.6) is 11.5 Å². The molecule has 1 aliphatic heterocycles. The van der Waals surface area contributed by atoms with Gasteiger partial charge in [0.1, 0.15) is 17.6 Å². The number of ether oxygens (including phenoxy) is 2. The lowest BCUT2D eigenvalue weighted by atomic mass is 10.1. The molecule has 0 aliphatic carbocycles. The van der Waals surface area contributed by atoms with Gasteiger partial charge in [-0.25, -0.2) is 4.79 Å². The molecule has 0 fully saturated rings. The normalized spacial score (nSPS) is 14.9. The molecule has 8 heteroatoms. The molecule has 1 amide bonds. The number of nitrogens with one attached hydrogen (secondary N) is 2. The number of anilines is 1. The minimum absolute atomic E-state index is 0.0514. The highest BCUT2D eigenvalue weighted by Crippen LogP contribution is 2.38. The maximum absolute atomic E-state index is 12.6. The second-order valence-electron chi connectivity index (χ2n) is 7.25. The molecule has 0 spiro atoms. The first kappa shape index (κ1) is 19.8. The first-order valence-corrected chi connectivity index (χ1v) is 9.94. The van der Waals surface area contributed by atoms with Gasteiger partial charge in [-0.2, -0.15) is 0 Å². The Bertz CT molecular complexity index is 1230. The van der Waals surface area contributed by atoms with Crippen molar-refractivity contribution in [2.45, 2.75) is 39.3 Å². The van der Waals surface area contributed by atoms with Gasteiger partial charge in [0, 0.05) is 31.0 Å². The quantitative estimate of drug-likeness (QED) is 0.651. The zero-order valence-corrected chi connectivity index (χ0v) is 16.9. The molecule has 2 aromatic carbocycles. The van der Waals surface area contributed by atoms with Crippen molar-refractivity contribution in [1.29, 1.82) is 0 Å². The van der Waals surface area contributed by atoms with E-state index in [1.807, 2.05) is 19.9 Å². The molecule has 2 N–H and O–H groups in total. The molecule has 3 aromatic rings. The van der Waals surface area contributed by atoms with Crippen LogP contribution in [0.1, 0.15) is 25.8 Å². The molecule has 156 valence electrons. The van der Waals surface area contributed by atoms with Crippen LogP contribution in [0.3, 0.4) is 0 Å². The summed E-state index contributed by atoms with van der Waals surface area (Å²) in [6.45, 7) is 4.47. The zero-order valence-electron chi connectivity index (χ0n) is 16.9. The highest BCUT2D eigenvalue weighted by molar-refractivity contribution is 5.93. The Morgan fingerprint density at radius 3 is 2.90 bits per heavy atom. The SMILES string of the molecule is CCOc1cc2c(cc1NC(=O)CCn1c(=O)[nH]c(=O)c3ccccc31)O[C@@H](C)C2. The lowest BCUT2D eigenvalue weighted by molar-refractivity contribution is -0.116. The van der Waals surface area contributed by atoms with Gasteiger partial charge in [-0.15, -0.1) is 0 Å². The van der Waals surface area contributed by atoms with E-state index in [0.717, 1.165) is 17.7 Å².